The number of benzene rings is 3. The second kappa shape index (κ2) is 13.8. The van der Waals surface area contributed by atoms with Crippen LogP contribution in [0.1, 0.15) is 15.9 Å². The predicted molar refractivity (Wildman–Crippen MR) is 145 cm³/mol. The third-order valence-electron chi connectivity index (χ3n) is 5.27. The number of nitrogens with one attached hydrogen (secondary N) is 2. The SMILES string of the molecule is O=C(O)c1ccc(S(=O)(=O)O)cc1N/N=C(\N=Nc1cc(S(=O)(=O)O)cc(Nc2nc(F)nc(F)n2)c1O)c1ccccc1.[Cu]. The summed E-state index contributed by atoms with van der Waals surface area (Å²) in [6.45, 7) is 0. The van der Waals surface area contributed by atoms with Crippen LogP contribution in [0.25, 0.3) is 0 Å². The number of anilines is 3. The van der Waals surface area contributed by atoms with Gasteiger partial charge in [-0.2, -0.15) is 45.7 Å². The second-order valence-electron chi connectivity index (χ2n) is 8.24. The maximum absolute atomic E-state index is 13.4. The number of carboxylic acids is 1. The first-order valence-electron chi connectivity index (χ1n) is 11.5. The fourth-order valence-electron chi connectivity index (χ4n) is 3.33. The van der Waals surface area contributed by atoms with Gasteiger partial charge in [0.1, 0.15) is 5.69 Å². The number of aromatic hydroxyl groups is 1. The smallest absolute Gasteiger partial charge is 0.337 e. The molecule has 1 radical (unpaired) electrons. The van der Waals surface area contributed by atoms with Crippen molar-refractivity contribution in [3.63, 3.8) is 0 Å². The van der Waals surface area contributed by atoms with Crippen molar-refractivity contribution >= 4 is 55.1 Å². The van der Waals surface area contributed by atoms with Gasteiger partial charge in [0.25, 0.3) is 20.2 Å². The van der Waals surface area contributed by atoms with E-state index in [-0.39, 0.29) is 28.5 Å². The summed E-state index contributed by atoms with van der Waals surface area (Å²) in [5.41, 5.74) is 0.457. The Morgan fingerprint density at radius 3 is 2.00 bits per heavy atom. The number of aromatic carboxylic acids is 1. The van der Waals surface area contributed by atoms with Crippen molar-refractivity contribution in [3.8, 4) is 5.75 Å². The average molecular weight is 714 g/mol. The molecular weight excluding hydrogens is 698 g/mol. The summed E-state index contributed by atoms with van der Waals surface area (Å²) in [7, 11) is -9.70. The molecule has 1 aromatic heterocycles. The molecule has 45 heavy (non-hydrogen) atoms. The van der Waals surface area contributed by atoms with Gasteiger partial charge in [-0.05, 0) is 30.3 Å². The molecule has 0 spiro atoms. The molecule has 0 amide bonds. The molecule has 0 unspecified atom stereocenters. The second-order valence-corrected chi connectivity index (χ2v) is 11.1. The number of rotatable bonds is 9. The molecule has 0 saturated carbocycles. The van der Waals surface area contributed by atoms with E-state index in [2.05, 4.69) is 41.0 Å². The Bertz CT molecular complexity index is 2030. The molecule has 0 atom stereocenters. The first-order valence-corrected chi connectivity index (χ1v) is 14.3. The van der Waals surface area contributed by atoms with Crippen LogP contribution in [0.2, 0.25) is 0 Å². The molecular formula is C23H16CuF2N8O9S2. The largest absolute Gasteiger partial charge is 0.504 e. The molecule has 22 heteroatoms. The molecule has 1 heterocycles. The van der Waals surface area contributed by atoms with Crippen molar-refractivity contribution in [3.05, 3.63) is 83.9 Å². The number of halogens is 2. The summed E-state index contributed by atoms with van der Waals surface area (Å²) in [5, 5.41) is 33.9. The van der Waals surface area contributed by atoms with Gasteiger partial charge in [-0.15, -0.1) is 10.2 Å². The van der Waals surface area contributed by atoms with Crippen LogP contribution in [-0.2, 0) is 37.3 Å². The Morgan fingerprint density at radius 2 is 1.42 bits per heavy atom. The number of hydrazone groups is 1. The predicted octanol–water partition coefficient (Wildman–Crippen LogP) is 3.35. The fourth-order valence-corrected chi connectivity index (χ4v) is 4.36. The minimum Gasteiger partial charge on any atom is -0.504 e. The van der Waals surface area contributed by atoms with Crippen LogP contribution < -0.4 is 10.7 Å². The van der Waals surface area contributed by atoms with Crippen LogP contribution in [0.5, 0.6) is 5.75 Å². The normalized spacial score (nSPS) is 12.0. The van der Waals surface area contributed by atoms with Crippen LogP contribution in [0.15, 0.2) is 85.8 Å². The van der Waals surface area contributed by atoms with Gasteiger partial charge in [-0.25, -0.2) is 4.79 Å². The number of phenols is 1. The van der Waals surface area contributed by atoms with Crippen LogP contribution in [-0.4, -0.2) is 62.9 Å². The number of nitrogens with zero attached hydrogens (tertiary/aromatic N) is 6. The standard InChI is InChI=1S/C23H16F2N8O9S2.Cu/c24-21-27-22(25)29-23(28-21)26-16-9-13(44(40,41)42)10-17(18(16)34)31-33-19(11-4-2-1-3-5-11)32-30-15-8-12(43(37,38)39)6-7-14(15)20(35)36;/h1-10,30,34H,(H,35,36)(H,37,38,39)(H,40,41,42)(H,26,27,28,29);/b32-19-,33-31?;. The van der Waals surface area contributed by atoms with Crippen LogP contribution in [0.4, 0.5) is 31.8 Å². The topological polar surface area (TPSA) is 266 Å². The molecule has 17 nitrogen and oxygen atoms in total. The van der Waals surface area contributed by atoms with E-state index in [0.29, 0.717) is 12.1 Å². The number of amidine groups is 1. The summed E-state index contributed by atoms with van der Waals surface area (Å²) in [6.07, 6.45) is -3.09. The summed E-state index contributed by atoms with van der Waals surface area (Å²) in [4.78, 5) is 19.2. The van der Waals surface area contributed by atoms with Gasteiger partial charge in [-0.3, -0.25) is 14.5 Å². The van der Waals surface area contributed by atoms with Crippen molar-refractivity contribution < 1.29 is 66.8 Å². The first-order chi connectivity index (χ1) is 20.6. The van der Waals surface area contributed by atoms with E-state index in [0.717, 1.165) is 18.2 Å². The van der Waals surface area contributed by atoms with Gasteiger partial charge < -0.3 is 15.5 Å². The molecule has 0 aliphatic heterocycles. The van der Waals surface area contributed by atoms with Crippen molar-refractivity contribution in [2.24, 2.45) is 15.3 Å². The van der Waals surface area contributed by atoms with Crippen LogP contribution >= 0.6 is 0 Å². The Hall–Kier alpha value is -4.99. The molecule has 0 saturated heterocycles. The van der Waals surface area contributed by atoms with Gasteiger partial charge >= 0.3 is 18.1 Å². The van der Waals surface area contributed by atoms with Gasteiger partial charge in [0, 0.05) is 22.6 Å². The number of carbonyl (C=O) groups is 1. The van der Waals surface area contributed by atoms with Gasteiger partial charge in [-0.1, -0.05) is 30.3 Å². The van der Waals surface area contributed by atoms with E-state index in [1.807, 2.05) is 0 Å². The van der Waals surface area contributed by atoms with E-state index in [4.69, 9.17) is 0 Å². The molecule has 6 N–H and O–H groups in total. The van der Waals surface area contributed by atoms with Crippen molar-refractivity contribution in [2.75, 3.05) is 10.7 Å². The Morgan fingerprint density at radius 1 is 0.822 bits per heavy atom. The average Bonchev–Trinajstić information content (AvgIpc) is 2.93. The monoisotopic (exact) mass is 713 g/mol. The molecule has 0 aliphatic rings. The van der Waals surface area contributed by atoms with E-state index in [1.165, 1.54) is 12.1 Å². The van der Waals surface area contributed by atoms with E-state index in [9.17, 15) is 49.7 Å². The molecule has 0 bridgehead atoms. The molecule has 0 aliphatic carbocycles. The van der Waals surface area contributed by atoms with E-state index < -0.39 is 82.5 Å². The summed E-state index contributed by atoms with van der Waals surface area (Å²) < 4.78 is 92.7. The first kappa shape index (κ1) is 34.5. The van der Waals surface area contributed by atoms with E-state index in [1.54, 1.807) is 18.2 Å². The molecule has 4 aromatic rings. The molecule has 0 fully saturated rings. The fraction of sp³-hybridized carbons (Fsp3) is 0. The zero-order valence-electron chi connectivity index (χ0n) is 21.7. The number of aromatic nitrogens is 3. The van der Waals surface area contributed by atoms with E-state index >= 15 is 0 Å². The van der Waals surface area contributed by atoms with Crippen LogP contribution in [0.3, 0.4) is 0 Å². The maximum Gasteiger partial charge on any atom is 0.337 e. The molecule has 4 rings (SSSR count). The number of hydrogen-bond donors (Lipinski definition) is 6. The minimum atomic E-state index is -4.96. The summed E-state index contributed by atoms with van der Waals surface area (Å²) in [6, 6.07) is 11.5. The summed E-state index contributed by atoms with van der Waals surface area (Å²) in [5.74, 6) is -3.49. The van der Waals surface area contributed by atoms with Gasteiger partial charge in [0.05, 0.1) is 26.7 Å². The molecule has 239 valence electrons. The van der Waals surface area contributed by atoms with Crippen LogP contribution in [0, 0.1) is 12.2 Å². The number of phenolic OH excluding ortho intramolecular Hbond substituents is 1. The number of azo groups is 1. The van der Waals surface area contributed by atoms with Gasteiger partial charge in [0.2, 0.25) is 11.8 Å². The third kappa shape index (κ3) is 8.78. The van der Waals surface area contributed by atoms with Crippen molar-refractivity contribution in [1.29, 1.82) is 0 Å². The summed E-state index contributed by atoms with van der Waals surface area (Å²) >= 11 is 0. The number of hydrogen-bond acceptors (Lipinski definition) is 13. The Balaban J connectivity index is 0.00000552. The quantitative estimate of drug-likeness (QED) is 0.0276. The van der Waals surface area contributed by atoms with Gasteiger partial charge in [0.15, 0.2) is 5.75 Å². The minimum absolute atomic E-state index is 0. The zero-order chi connectivity index (χ0) is 32.2. The van der Waals surface area contributed by atoms with Crippen molar-refractivity contribution in [2.45, 2.75) is 9.79 Å². The van der Waals surface area contributed by atoms with Crippen molar-refractivity contribution in [1.82, 2.24) is 15.0 Å². The maximum atomic E-state index is 13.4. The zero-order valence-corrected chi connectivity index (χ0v) is 24.2. The molecule has 3 aromatic carbocycles. The third-order valence-corrected chi connectivity index (χ3v) is 6.96. The Kier molecular flexibility index (Phi) is 10.5. The Labute approximate surface area is 261 Å². The number of carboxylic acid groups (broad SMARTS) is 1.